The van der Waals surface area contributed by atoms with E-state index in [0.717, 1.165) is 26.9 Å². The van der Waals surface area contributed by atoms with Crippen molar-refractivity contribution < 1.29 is 22.3 Å². The van der Waals surface area contributed by atoms with Crippen LogP contribution in [0, 0.1) is 19.7 Å². The van der Waals surface area contributed by atoms with Gasteiger partial charge in [-0.05, 0) is 66.3 Å². The van der Waals surface area contributed by atoms with Crippen LogP contribution in [-0.4, -0.2) is 24.5 Å². The van der Waals surface area contributed by atoms with E-state index in [1.54, 1.807) is 24.3 Å². The average Bonchev–Trinajstić information content (AvgIpc) is 3.30. The number of pyridine rings is 1. The van der Waals surface area contributed by atoms with Crippen LogP contribution in [-0.2, 0) is 23.1 Å². The number of aryl methyl sites for hydroxylation is 2. The Bertz CT molecular complexity index is 1610. The molecule has 180 valence electrons. The molecular weight excluding hydrogens is 471 g/mol. The van der Waals surface area contributed by atoms with Crippen LogP contribution in [0.2, 0.25) is 0 Å². The number of nitrogens with one attached hydrogen (secondary N) is 1. The standard InChI is InChI=1S/C26H23FN2O5S/c1-16-7-9-19-12-20(26(30)28-25(19)17(16)2)14-29(35(31,32)24-6-4-3-5-21(24)27)13-18-8-10-22-23(11-18)34-15-33-22/h3-12H,13-15H2,1-2H3,(H,28,30). The molecule has 0 amide bonds. The van der Waals surface area contributed by atoms with Crippen molar-refractivity contribution >= 4 is 20.9 Å². The molecule has 0 bridgehead atoms. The van der Waals surface area contributed by atoms with Crippen molar-refractivity contribution in [2.75, 3.05) is 6.79 Å². The van der Waals surface area contributed by atoms with Crippen molar-refractivity contribution in [1.82, 2.24) is 9.29 Å². The van der Waals surface area contributed by atoms with E-state index in [1.165, 1.54) is 18.2 Å². The number of rotatable bonds is 6. The summed E-state index contributed by atoms with van der Waals surface area (Å²) in [7, 11) is -4.29. The van der Waals surface area contributed by atoms with E-state index in [1.807, 2.05) is 26.0 Å². The summed E-state index contributed by atoms with van der Waals surface area (Å²) in [6, 6.07) is 15.8. The molecule has 1 aliphatic heterocycles. The molecule has 1 N–H and O–H groups in total. The van der Waals surface area contributed by atoms with E-state index < -0.39 is 26.3 Å². The number of fused-ring (bicyclic) bond motifs is 2. The number of hydrogen-bond acceptors (Lipinski definition) is 5. The predicted molar refractivity (Wildman–Crippen MR) is 129 cm³/mol. The molecule has 0 atom stereocenters. The second kappa shape index (κ2) is 8.83. The summed E-state index contributed by atoms with van der Waals surface area (Å²) in [4.78, 5) is 15.4. The highest BCUT2D eigenvalue weighted by atomic mass is 32.2. The molecule has 3 aromatic carbocycles. The minimum atomic E-state index is -4.29. The summed E-state index contributed by atoms with van der Waals surface area (Å²) < 4.78 is 53.6. The molecule has 0 fully saturated rings. The molecule has 7 nitrogen and oxygen atoms in total. The van der Waals surface area contributed by atoms with Crippen LogP contribution >= 0.6 is 0 Å². The lowest BCUT2D eigenvalue weighted by Crippen LogP contribution is -2.33. The third-order valence-electron chi connectivity index (χ3n) is 6.23. The van der Waals surface area contributed by atoms with Gasteiger partial charge in [-0.1, -0.05) is 30.3 Å². The fraction of sp³-hybridized carbons (Fsp3) is 0.192. The Kier molecular flexibility index (Phi) is 5.82. The van der Waals surface area contributed by atoms with E-state index >= 15 is 0 Å². The summed E-state index contributed by atoms with van der Waals surface area (Å²) in [5.74, 6) is 0.204. The number of nitrogens with zero attached hydrogens (tertiary/aromatic N) is 1. The highest BCUT2D eigenvalue weighted by molar-refractivity contribution is 7.89. The molecule has 0 radical (unpaired) electrons. The van der Waals surface area contributed by atoms with Crippen molar-refractivity contribution in [1.29, 1.82) is 0 Å². The van der Waals surface area contributed by atoms with Gasteiger partial charge < -0.3 is 14.5 Å². The van der Waals surface area contributed by atoms with Crippen LogP contribution in [0.5, 0.6) is 11.5 Å². The van der Waals surface area contributed by atoms with Crippen molar-refractivity contribution in [2.24, 2.45) is 0 Å². The van der Waals surface area contributed by atoms with E-state index in [2.05, 4.69) is 4.98 Å². The zero-order valence-corrected chi connectivity index (χ0v) is 20.0. The van der Waals surface area contributed by atoms with Crippen molar-refractivity contribution in [3.63, 3.8) is 0 Å². The minimum absolute atomic E-state index is 0.0847. The molecule has 0 saturated heterocycles. The van der Waals surface area contributed by atoms with E-state index in [-0.39, 0.29) is 25.4 Å². The predicted octanol–water partition coefficient (Wildman–Crippen LogP) is 4.40. The topological polar surface area (TPSA) is 88.7 Å². The minimum Gasteiger partial charge on any atom is -0.454 e. The lowest BCUT2D eigenvalue weighted by molar-refractivity contribution is 0.174. The van der Waals surface area contributed by atoms with E-state index in [4.69, 9.17) is 9.47 Å². The Morgan fingerprint density at radius 2 is 1.74 bits per heavy atom. The summed E-state index contributed by atoms with van der Waals surface area (Å²) in [6.07, 6.45) is 0. The molecule has 2 heterocycles. The third-order valence-corrected chi connectivity index (χ3v) is 8.05. The fourth-order valence-electron chi connectivity index (χ4n) is 4.14. The normalized spacial score (nSPS) is 13.0. The maximum absolute atomic E-state index is 14.6. The quantitative estimate of drug-likeness (QED) is 0.429. The highest BCUT2D eigenvalue weighted by Gasteiger charge is 2.29. The number of hydrogen-bond donors (Lipinski definition) is 1. The Morgan fingerprint density at radius 3 is 2.54 bits per heavy atom. The van der Waals surface area contributed by atoms with Gasteiger partial charge in [0.25, 0.3) is 5.56 Å². The number of H-pyrrole nitrogens is 1. The van der Waals surface area contributed by atoms with Gasteiger partial charge in [-0.3, -0.25) is 4.79 Å². The lowest BCUT2D eigenvalue weighted by Gasteiger charge is -2.23. The van der Waals surface area contributed by atoms with Crippen molar-refractivity contribution in [3.05, 3.63) is 99.1 Å². The number of ether oxygens (including phenoxy) is 2. The molecule has 0 spiro atoms. The zero-order valence-electron chi connectivity index (χ0n) is 19.2. The van der Waals surface area contributed by atoms with Crippen LogP contribution in [0.15, 0.2) is 70.4 Å². The van der Waals surface area contributed by atoms with Crippen LogP contribution in [0.25, 0.3) is 10.9 Å². The number of aromatic amines is 1. The van der Waals surface area contributed by atoms with Gasteiger partial charge in [0.1, 0.15) is 10.7 Å². The molecule has 1 aliphatic rings. The first-order chi connectivity index (χ1) is 16.7. The number of aromatic nitrogens is 1. The molecule has 4 aromatic rings. The monoisotopic (exact) mass is 494 g/mol. The summed E-state index contributed by atoms with van der Waals surface area (Å²) in [6.45, 7) is 3.61. The smallest absolute Gasteiger partial charge is 0.252 e. The molecule has 0 unspecified atom stereocenters. The average molecular weight is 495 g/mol. The van der Waals surface area contributed by atoms with Crippen LogP contribution in [0.1, 0.15) is 22.3 Å². The Balaban J connectivity index is 1.59. The largest absolute Gasteiger partial charge is 0.454 e. The molecule has 9 heteroatoms. The van der Waals surface area contributed by atoms with E-state index in [9.17, 15) is 17.6 Å². The lowest BCUT2D eigenvalue weighted by atomic mass is 10.0. The first-order valence-electron chi connectivity index (χ1n) is 11.0. The number of sulfonamides is 1. The Morgan fingerprint density at radius 1 is 0.971 bits per heavy atom. The summed E-state index contributed by atoms with van der Waals surface area (Å²) in [5.41, 5.74) is 3.15. The van der Waals surface area contributed by atoms with Gasteiger partial charge in [0, 0.05) is 18.7 Å². The third kappa shape index (κ3) is 4.28. The highest BCUT2D eigenvalue weighted by Crippen LogP contribution is 2.33. The number of halogens is 1. The van der Waals surface area contributed by atoms with Crippen LogP contribution < -0.4 is 15.0 Å². The van der Waals surface area contributed by atoms with Gasteiger partial charge in [0.15, 0.2) is 11.5 Å². The Hall–Kier alpha value is -3.69. The number of benzene rings is 3. The SMILES string of the molecule is Cc1ccc2cc(CN(Cc3ccc4c(c3)OCO4)S(=O)(=O)c3ccccc3F)c(=O)[nH]c2c1C. The van der Waals surface area contributed by atoms with Crippen LogP contribution in [0.4, 0.5) is 4.39 Å². The van der Waals surface area contributed by atoms with Gasteiger partial charge in [0.05, 0.1) is 5.52 Å². The molecule has 0 saturated carbocycles. The van der Waals surface area contributed by atoms with Crippen molar-refractivity contribution in [3.8, 4) is 11.5 Å². The van der Waals surface area contributed by atoms with E-state index in [0.29, 0.717) is 22.6 Å². The second-order valence-electron chi connectivity index (χ2n) is 8.49. The molecule has 35 heavy (non-hydrogen) atoms. The van der Waals surface area contributed by atoms with Crippen LogP contribution in [0.3, 0.4) is 0 Å². The van der Waals surface area contributed by atoms with Gasteiger partial charge >= 0.3 is 0 Å². The maximum atomic E-state index is 14.6. The molecule has 5 rings (SSSR count). The fourth-order valence-corrected chi connectivity index (χ4v) is 5.61. The second-order valence-corrected chi connectivity index (χ2v) is 10.4. The van der Waals surface area contributed by atoms with Gasteiger partial charge in [0.2, 0.25) is 16.8 Å². The molecular formula is C26H23FN2O5S. The first kappa shape index (κ1) is 23.1. The summed E-state index contributed by atoms with van der Waals surface area (Å²) >= 11 is 0. The van der Waals surface area contributed by atoms with Gasteiger partial charge in [-0.25, -0.2) is 12.8 Å². The van der Waals surface area contributed by atoms with Gasteiger partial charge in [-0.2, -0.15) is 4.31 Å². The van der Waals surface area contributed by atoms with Gasteiger partial charge in [-0.15, -0.1) is 0 Å². The zero-order chi connectivity index (χ0) is 24.7. The molecule has 0 aliphatic carbocycles. The van der Waals surface area contributed by atoms with Crippen molar-refractivity contribution in [2.45, 2.75) is 31.8 Å². The summed E-state index contributed by atoms with van der Waals surface area (Å²) in [5, 5.41) is 0.786. The maximum Gasteiger partial charge on any atom is 0.252 e. The molecule has 1 aromatic heterocycles. The first-order valence-corrected chi connectivity index (χ1v) is 12.4. The Labute approximate surface area is 201 Å².